The Morgan fingerprint density at radius 2 is 1.28 bits per heavy atom. The van der Waals surface area contributed by atoms with Crippen molar-refractivity contribution in [3.63, 3.8) is 0 Å². The van der Waals surface area contributed by atoms with E-state index < -0.39 is 0 Å². The first kappa shape index (κ1) is 12.1. The van der Waals surface area contributed by atoms with Crippen LogP contribution in [0.15, 0.2) is 35.8 Å². The monoisotopic (exact) mass is 242 g/mol. The molecule has 1 aromatic heterocycles. The molecule has 0 bridgehead atoms. The van der Waals surface area contributed by atoms with Gasteiger partial charge in [0.2, 0.25) is 0 Å². The second kappa shape index (κ2) is 4.87. The molecule has 0 aliphatic rings. The van der Waals surface area contributed by atoms with E-state index in [1.54, 1.807) is 13.8 Å². The van der Waals surface area contributed by atoms with Gasteiger partial charge in [-0.15, -0.1) is 0 Å². The Kier molecular flexibility index (Phi) is 3.28. The second-order valence-electron chi connectivity index (χ2n) is 4.05. The Labute approximate surface area is 105 Å². The van der Waals surface area contributed by atoms with Crippen molar-refractivity contribution in [2.45, 2.75) is 13.8 Å². The molecule has 2 aromatic rings. The molecule has 0 saturated carbocycles. The van der Waals surface area contributed by atoms with Crippen molar-refractivity contribution in [3.05, 3.63) is 47.2 Å². The number of hydrogen-bond donors (Lipinski definition) is 2. The van der Waals surface area contributed by atoms with Gasteiger partial charge >= 0.3 is 0 Å². The minimum Gasteiger partial charge on any atom is -0.513 e. The molecule has 0 fully saturated rings. The number of aromatic nitrogens is 2. The Balaban J connectivity index is 2.71. The Hall–Kier alpha value is -2.36. The zero-order chi connectivity index (χ0) is 13.1. The third-order valence-electron chi connectivity index (χ3n) is 2.32. The van der Waals surface area contributed by atoms with Gasteiger partial charge in [-0.05, 0) is 26.0 Å². The SMILES string of the molecule is C/C(O)=C/c1nc2ccccc2nc1/C=C(\C)O. The average Bonchev–Trinajstić information content (AvgIpc) is 2.28. The number of nitrogens with zero attached hydrogens (tertiary/aromatic N) is 2. The molecule has 0 aliphatic carbocycles. The van der Waals surface area contributed by atoms with Crippen LogP contribution in [0.25, 0.3) is 23.2 Å². The molecule has 0 amide bonds. The Bertz CT molecular complexity index is 581. The normalized spacial score (nSPS) is 13.0. The summed E-state index contributed by atoms with van der Waals surface area (Å²) in [6, 6.07) is 7.46. The summed E-state index contributed by atoms with van der Waals surface area (Å²) in [5.74, 6) is 0.287. The molecule has 0 atom stereocenters. The van der Waals surface area contributed by atoms with E-state index in [1.165, 1.54) is 12.2 Å². The first-order valence-electron chi connectivity index (χ1n) is 5.57. The number of benzene rings is 1. The molecule has 0 radical (unpaired) electrons. The van der Waals surface area contributed by atoms with Crippen molar-refractivity contribution in [1.29, 1.82) is 0 Å². The maximum absolute atomic E-state index is 9.35. The smallest absolute Gasteiger partial charge is 0.0929 e. The maximum Gasteiger partial charge on any atom is 0.0929 e. The van der Waals surface area contributed by atoms with E-state index in [0.29, 0.717) is 11.4 Å². The topological polar surface area (TPSA) is 66.2 Å². The highest BCUT2D eigenvalue weighted by atomic mass is 16.3. The summed E-state index contributed by atoms with van der Waals surface area (Å²) >= 11 is 0. The Morgan fingerprint density at radius 3 is 1.61 bits per heavy atom. The van der Waals surface area contributed by atoms with Crippen LogP contribution in [0, 0.1) is 0 Å². The fourth-order valence-corrected chi connectivity index (χ4v) is 1.64. The molecular weight excluding hydrogens is 228 g/mol. The number of hydrogen-bond acceptors (Lipinski definition) is 4. The fourth-order valence-electron chi connectivity index (χ4n) is 1.64. The van der Waals surface area contributed by atoms with Gasteiger partial charge in [0.15, 0.2) is 0 Å². The first-order chi connectivity index (χ1) is 8.56. The molecule has 4 heteroatoms. The molecule has 1 heterocycles. The van der Waals surface area contributed by atoms with Crippen LogP contribution in [0.5, 0.6) is 0 Å². The van der Waals surface area contributed by atoms with Crippen LogP contribution in [0.1, 0.15) is 25.2 Å². The van der Waals surface area contributed by atoms with Gasteiger partial charge in [0.05, 0.1) is 33.9 Å². The van der Waals surface area contributed by atoms with Crippen molar-refractivity contribution in [1.82, 2.24) is 9.97 Å². The third-order valence-corrected chi connectivity index (χ3v) is 2.32. The van der Waals surface area contributed by atoms with Gasteiger partial charge in [0.25, 0.3) is 0 Å². The van der Waals surface area contributed by atoms with Crippen LogP contribution in [0.4, 0.5) is 0 Å². The molecule has 18 heavy (non-hydrogen) atoms. The quantitative estimate of drug-likeness (QED) is 0.791. The highest BCUT2D eigenvalue weighted by molar-refractivity contribution is 5.78. The number of allylic oxidation sites excluding steroid dienone is 2. The van der Waals surface area contributed by atoms with E-state index in [4.69, 9.17) is 0 Å². The Morgan fingerprint density at radius 1 is 0.889 bits per heavy atom. The predicted molar refractivity (Wildman–Crippen MR) is 72.1 cm³/mol. The predicted octanol–water partition coefficient (Wildman–Crippen LogP) is 3.47. The molecule has 0 spiro atoms. The standard InChI is InChI=1S/C14H14N2O2/c1-9(17)7-13-14(8-10(2)18)16-12-6-4-3-5-11(12)15-13/h3-8,17-18H,1-2H3/b9-7-,10-8+. The lowest BCUT2D eigenvalue weighted by molar-refractivity contribution is 0.418. The number of aliphatic hydroxyl groups is 2. The number of fused-ring (bicyclic) bond motifs is 1. The van der Waals surface area contributed by atoms with Crippen molar-refractivity contribution >= 4 is 23.2 Å². The zero-order valence-electron chi connectivity index (χ0n) is 10.3. The van der Waals surface area contributed by atoms with Crippen LogP contribution in [0.2, 0.25) is 0 Å². The average molecular weight is 242 g/mol. The zero-order valence-corrected chi connectivity index (χ0v) is 10.3. The highest BCUT2D eigenvalue weighted by Gasteiger charge is 2.05. The van der Waals surface area contributed by atoms with Crippen LogP contribution in [0.3, 0.4) is 0 Å². The number of aliphatic hydroxyl groups excluding tert-OH is 2. The van der Waals surface area contributed by atoms with Crippen LogP contribution in [-0.2, 0) is 0 Å². The van der Waals surface area contributed by atoms with E-state index in [9.17, 15) is 10.2 Å². The number of rotatable bonds is 2. The molecule has 92 valence electrons. The lowest BCUT2D eigenvalue weighted by atomic mass is 10.2. The van der Waals surface area contributed by atoms with Gasteiger partial charge in [-0.1, -0.05) is 12.1 Å². The third kappa shape index (κ3) is 2.66. The van der Waals surface area contributed by atoms with Crippen molar-refractivity contribution in [2.75, 3.05) is 0 Å². The van der Waals surface area contributed by atoms with Crippen molar-refractivity contribution in [3.8, 4) is 0 Å². The van der Waals surface area contributed by atoms with Crippen LogP contribution in [-0.4, -0.2) is 20.2 Å². The summed E-state index contributed by atoms with van der Waals surface area (Å²) in [6.07, 6.45) is 3.04. The minimum atomic E-state index is 0.143. The van der Waals surface area contributed by atoms with Crippen molar-refractivity contribution in [2.24, 2.45) is 0 Å². The molecule has 0 unspecified atom stereocenters. The molecule has 2 rings (SSSR count). The van der Waals surface area contributed by atoms with E-state index in [0.717, 1.165) is 11.0 Å². The van der Waals surface area contributed by atoms with E-state index in [2.05, 4.69) is 9.97 Å². The van der Waals surface area contributed by atoms with Crippen LogP contribution < -0.4 is 0 Å². The molecule has 4 nitrogen and oxygen atoms in total. The number of para-hydroxylation sites is 2. The fraction of sp³-hybridized carbons (Fsp3) is 0.143. The first-order valence-corrected chi connectivity index (χ1v) is 5.57. The lowest BCUT2D eigenvalue weighted by Gasteiger charge is -2.04. The maximum atomic E-state index is 9.35. The summed E-state index contributed by atoms with van der Waals surface area (Å²) < 4.78 is 0. The lowest BCUT2D eigenvalue weighted by Crippen LogP contribution is -1.95. The van der Waals surface area contributed by atoms with Gasteiger partial charge in [-0.2, -0.15) is 0 Å². The van der Waals surface area contributed by atoms with Crippen molar-refractivity contribution < 1.29 is 10.2 Å². The summed E-state index contributed by atoms with van der Waals surface area (Å²) in [5, 5.41) is 18.7. The van der Waals surface area contributed by atoms with Gasteiger partial charge in [-0.25, -0.2) is 9.97 Å². The van der Waals surface area contributed by atoms with Gasteiger partial charge in [0.1, 0.15) is 0 Å². The summed E-state index contributed by atoms with van der Waals surface area (Å²) in [6.45, 7) is 3.13. The molecule has 0 saturated heterocycles. The van der Waals surface area contributed by atoms with E-state index in [1.807, 2.05) is 24.3 Å². The van der Waals surface area contributed by atoms with Crippen LogP contribution >= 0.6 is 0 Å². The second-order valence-corrected chi connectivity index (χ2v) is 4.05. The highest BCUT2D eigenvalue weighted by Crippen LogP contribution is 2.17. The summed E-state index contributed by atoms with van der Waals surface area (Å²) in [7, 11) is 0. The van der Waals surface area contributed by atoms with Gasteiger partial charge in [0, 0.05) is 12.2 Å². The van der Waals surface area contributed by atoms with Gasteiger partial charge < -0.3 is 10.2 Å². The molecular formula is C14H14N2O2. The van der Waals surface area contributed by atoms with E-state index >= 15 is 0 Å². The molecule has 0 aliphatic heterocycles. The molecule has 1 aromatic carbocycles. The summed E-state index contributed by atoms with van der Waals surface area (Å²) in [5.41, 5.74) is 2.56. The van der Waals surface area contributed by atoms with E-state index in [-0.39, 0.29) is 11.5 Å². The minimum absolute atomic E-state index is 0.143. The van der Waals surface area contributed by atoms with Gasteiger partial charge in [-0.3, -0.25) is 0 Å². The largest absolute Gasteiger partial charge is 0.513 e. The molecule has 2 N–H and O–H groups in total. The summed E-state index contributed by atoms with van der Waals surface area (Å²) in [4.78, 5) is 8.83.